The van der Waals surface area contributed by atoms with Gasteiger partial charge in [0.15, 0.2) is 5.82 Å². The summed E-state index contributed by atoms with van der Waals surface area (Å²) in [6.07, 6.45) is 3.04. The van der Waals surface area contributed by atoms with Crippen LogP contribution >= 0.6 is 11.6 Å². The summed E-state index contributed by atoms with van der Waals surface area (Å²) in [6.45, 7) is 4.40. The summed E-state index contributed by atoms with van der Waals surface area (Å²) in [7, 11) is 0. The lowest BCUT2D eigenvalue weighted by molar-refractivity contribution is -0.154. The van der Waals surface area contributed by atoms with Crippen LogP contribution in [0.5, 0.6) is 0 Å². The molecule has 2 aromatic heterocycles. The summed E-state index contributed by atoms with van der Waals surface area (Å²) in [6, 6.07) is 9.58. The lowest BCUT2D eigenvalue weighted by Crippen LogP contribution is -2.55. The molecule has 1 unspecified atom stereocenters. The molecule has 0 amide bonds. The van der Waals surface area contributed by atoms with Crippen LogP contribution in [0.25, 0.3) is 0 Å². The Morgan fingerprint density at radius 3 is 2.65 bits per heavy atom. The summed E-state index contributed by atoms with van der Waals surface area (Å²) >= 11 is 6.00. The highest BCUT2D eigenvalue weighted by atomic mass is 35.5. The minimum absolute atomic E-state index is 0.0165. The third-order valence-electron chi connectivity index (χ3n) is 7.88. The van der Waals surface area contributed by atoms with Crippen molar-refractivity contribution in [2.45, 2.75) is 64.0 Å². The molecule has 2 atom stereocenters. The van der Waals surface area contributed by atoms with Gasteiger partial charge in [-0.15, -0.1) is 0 Å². The number of benzene rings is 1. The highest BCUT2D eigenvalue weighted by molar-refractivity contribution is 6.30. The third kappa shape index (κ3) is 5.07. The summed E-state index contributed by atoms with van der Waals surface area (Å²) in [5.74, 6) is -0.931. The lowest BCUT2D eigenvalue weighted by atomic mass is 9.71. The number of aryl methyl sites for hydroxylation is 1. The largest absolute Gasteiger partial charge is 0.481 e. The molecule has 0 radical (unpaired) electrons. The molecule has 1 aromatic carbocycles. The van der Waals surface area contributed by atoms with Crippen molar-refractivity contribution in [3.8, 4) is 0 Å². The second-order valence-corrected chi connectivity index (χ2v) is 11.0. The summed E-state index contributed by atoms with van der Waals surface area (Å²) in [5.41, 5.74) is 0.201. The Kier molecular flexibility index (Phi) is 6.70. The van der Waals surface area contributed by atoms with E-state index in [-0.39, 0.29) is 34.5 Å². The van der Waals surface area contributed by atoms with Crippen molar-refractivity contribution < 1.29 is 18.7 Å². The van der Waals surface area contributed by atoms with Crippen LogP contribution in [0.2, 0.25) is 5.02 Å². The number of nitrogens with zero attached hydrogens (tertiary/aromatic N) is 3. The van der Waals surface area contributed by atoms with Crippen LogP contribution in [-0.4, -0.2) is 49.3 Å². The van der Waals surface area contributed by atoms with Crippen LogP contribution in [0.3, 0.4) is 0 Å². The summed E-state index contributed by atoms with van der Waals surface area (Å²) in [4.78, 5) is 19.3. The number of H-pyrrole nitrogens is 1. The van der Waals surface area contributed by atoms with Gasteiger partial charge in [-0.25, -0.2) is 13.8 Å². The van der Waals surface area contributed by atoms with Crippen LogP contribution in [0.1, 0.15) is 49.6 Å². The molecule has 0 spiro atoms. The second kappa shape index (κ2) is 9.68. The molecule has 37 heavy (non-hydrogen) atoms. The van der Waals surface area contributed by atoms with E-state index in [9.17, 15) is 18.7 Å². The van der Waals surface area contributed by atoms with E-state index in [1.165, 1.54) is 18.2 Å². The number of likely N-dealkylation sites (tertiary alicyclic amines) is 1. The van der Waals surface area contributed by atoms with Crippen molar-refractivity contribution in [1.29, 1.82) is 0 Å². The molecule has 7 nitrogen and oxygen atoms in total. The van der Waals surface area contributed by atoms with Crippen LogP contribution in [0.15, 0.2) is 36.4 Å². The second-order valence-electron chi connectivity index (χ2n) is 10.6. The molecule has 10 heteroatoms. The molecule has 2 aliphatic rings. The van der Waals surface area contributed by atoms with Gasteiger partial charge in [0.2, 0.25) is 0 Å². The molecule has 5 rings (SSSR count). The molecule has 3 aromatic rings. The molecule has 1 aliphatic carbocycles. The van der Waals surface area contributed by atoms with E-state index in [0.717, 1.165) is 18.5 Å². The van der Waals surface area contributed by atoms with Gasteiger partial charge in [-0.05, 0) is 69.7 Å². The number of carbonyl (C=O) groups is 1. The average molecular weight is 530 g/mol. The van der Waals surface area contributed by atoms with Crippen LogP contribution in [-0.2, 0) is 17.6 Å². The number of pyridine rings is 1. The third-order valence-corrected chi connectivity index (χ3v) is 8.17. The van der Waals surface area contributed by atoms with Crippen molar-refractivity contribution in [2.75, 3.05) is 11.9 Å². The number of piperidine rings is 1. The Hall–Kier alpha value is -3.04. The SMILES string of the molecule is Cc1cc(Nc2ccc(F)c(CC3(C(=O)O)CCN(C4(Cc5cccc(Cl)c5F)CC4)[C@H](C)C3)n2)n[nH]1. The van der Waals surface area contributed by atoms with Crippen LogP contribution in [0, 0.1) is 24.0 Å². The molecule has 3 heterocycles. The van der Waals surface area contributed by atoms with Gasteiger partial charge in [0.1, 0.15) is 17.5 Å². The van der Waals surface area contributed by atoms with Gasteiger partial charge in [-0.1, -0.05) is 23.7 Å². The Bertz CT molecular complexity index is 1330. The lowest BCUT2D eigenvalue weighted by Gasteiger charge is -2.47. The van der Waals surface area contributed by atoms with Crippen LogP contribution < -0.4 is 5.32 Å². The highest BCUT2D eigenvalue weighted by Crippen LogP contribution is 2.50. The van der Waals surface area contributed by atoms with Crippen molar-refractivity contribution >= 4 is 29.2 Å². The van der Waals surface area contributed by atoms with E-state index in [0.29, 0.717) is 43.0 Å². The maximum absolute atomic E-state index is 14.8. The fourth-order valence-electron chi connectivity index (χ4n) is 5.83. The summed E-state index contributed by atoms with van der Waals surface area (Å²) in [5, 5.41) is 20.4. The van der Waals surface area contributed by atoms with Crippen molar-refractivity contribution in [2.24, 2.45) is 5.41 Å². The molecule has 0 bridgehead atoms. The summed E-state index contributed by atoms with van der Waals surface area (Å²) < 4.78 is 29.4. The van der Waals surface area contributed by atoms with E-state index in [1.807, 2.05) is 13.8 Å². The number of carboxylic acid groups (broad SMARTS) is 1. The van der Waals surface area contributed by atoms with E-state index in [4.69, 9.17) is 11.6 Å². The van der Waals surface area contributed by atoms with Gasteiger partial charge >= 0.3 is 5.97 Å². The van der Waals surface area contributed by atoms with Gasteiger partial charge < -0.3 is 10.4 Å². The van der Waals surface area contributed by atoms with Gasteiger partial charge in [0, 0.05) is 36.3 Å². The molecule has 1 aliphatic heterocycles. The first-order chi connectivity index (χ1) is 17.6. The predicted molar refractivity (Wildman–Crippen MR) is 137 cm³/mol. The monoisotopic (exact) mass is 529 g/mol. The Morgan fingerprint density at radius 1 is 1.22 bits per heavy atom. The Balaban J connectivity index is 1.34. The number of aromatic amines is 1. The van der Waals surface area contributed by atoms with Crippen molar-refractivity contribution in [3.63, 3.8) is 0 Å². The number of hydrogen-bond acceptors (Lipinski definition) is 5. The average Bonchev–Trinajstić information content (AvgIpc) is 3.51. The Morgan fingerprint density at radius 2 is 2.00 bits per heavy atom. The Labute approximate surface area is 219 Å². The number of nitrogens with one attached hydrogen (secondary N) is 2. The number of carboxylic acids is 1. The van der Waals surface area contributed by atoms with Crippen molar-refractivity contribution in [3.05, 3.63) is 70.0 Å². The first-order valence-electron chi connectivity index (χ1n) is 12.5. The fraction of sp³-hybridized carbons (Fsp3) is 0.444. The van der Waals surface area contributed by atoms with Gasteiger partial charge in [-0.2, -0.15) is 5.10 Å². The molecular formula is C27H30ClF2N5O2. The van der Waals surface area contributed by atoms with Gasteiger partial charge in [0.25, 0.3) is 0 Å². The number of aliphatic carboxylic acids is 1. The van der Waals surface area contributed by atoms with E-state index < -0.39 is 17.2 Å². The molecular weight excluding hydrogens is 500 g/mol. The zero-order valence-electron chi connectivity index (χ0n) is 20.8. The predicted octanol–water partition coefficient (Wildman–Crippen LogP) is 5.66. The van der Waals surface area contributed by atoms with Crippen LogP contribution in [0.4, 0.5) is 20.4 Å². The smallest absolute Gasteiger partial charge is 0.310 e. The van der Waals surface area contributed by atoms with E-state index in [1.54, 1.807) is 18.2 Å². The van der Waals surface area contributed by atoms with E-state index >= 15 is 0 Å². The minimum Gasteiger partial charge on any atom is -0.481 e. The number of hydrogen-bond donors (Lipinski definition) is 3. The number of aromatic nitrogens is 3. The minimum atomic E-state index is -1.15. The number of anilines is 2. The first-order valence-corrected chi connectivity index (χ1v) is 12.9. The normalized spacial score (nSPS) is 23.1. The molecule has 2 fully saturated rings. The maximum Gasteiger partial charge on any atom is 0.310 e. The zero-order valence-corrected chi connectivity index (χ0v) is 21.6. The molecule has 196 valence electrons. The molecule has 3 N–H and O–H groups in total. The highest BCUT2D eigenvalue weighted by Gasteiger charge is 2.54. The van der Waals surface area contributed by atoms with Gasteiger partial charge in [-0.3, -0.25) is 14.8 Å². The fourth-order valence-corrected chi connectivity index (χ4v) is 6.02. The number of rotatable bonds is 8. The topological polar surface area (TPSA) is 94.1 Å². The zero-order chi connectivity index (χ0) is 26.4. The maximum atomic E-state index is 14.8. The van der Waals surface area contributed by atoms with Gasteiger partial charge in [0.05, 0.1) is 16.1 Å². The first kappa shape index (κ1) is 25.6. The van der Waals surface area contributed by atoms with Crippen molar-refractivity contribution in [1.82, 2.24) is 20.1 Å². The standard InChI is InChI=1S/C27H30ClF2N5O2/c1-16-12-23(34-33-16)32-22-7-6-20(29)21(31-22)15-26(25(36)37)10-11-35(17(2)13-26)27(8-9-27)14-18-4-3-5-19(28)24(18)30/h3-7,12,17H,8-11,13-15H2,1-2H3,(H,36,37)(H2,31,32,33,34)/t17-,26?/m1/s1. The van der Waals surface area contributed by atoms with E-state index in [2.05, 4.69) is 25.4 Å². The number of halogens is 3. The molecule has 1 saturated heterocycles. The quantitative estimate of drug-likeness (QED) is 0.348. The molecule has 1 saturated carbocycles.